The third-order valence-electron chi connectivity index (χ3n) is 4.20. The van der Waals surface area contributed by atoms with Crippen LogP contribution in [0.1, 0.15) is 23.2 Å². The van der Waals surface area contributed by atoms with Crippen molar-refractivity contribution in [3.8, 4) is 22.3 Å². The molecule has 1 aromatic heterocycles. The fourth-order valence-electron chi connectivity index (χ4n) is 2.94. The number of carboxylic acid groups (broad SMARTS) is 1. The lowest BCUT2D eigenvalue weighted by Gasteiger charge is -2.08. The van der Waals surface area contributed by atoms with Gasteiger partial charge in [-0.25, -0.2) is 17.6 Å². The van der Waals surface area contributed by atoms with E-state index >= 15 is 0 Å². The van der Waals surface area contributed by atoms with Gasteiger partial charge in [-0.2, -0.15) is 0 Å². The maximum Gasteiger partial charge on any atom is 0.372 e. The van der Waals surface area contributed by atoms with Crippen LogP contribution >= 0.6 is 0 Å². The van der Waals surface area contributed by atoms with E-state index < -0.39 is 21.6 Å². The third kappa shape index (κ3) is 3.64. The minimum absolute atomic E-state index is 0.130. The normalized spacial score (nSPS) is 11.5. The van der Waals surface area contributed by atoms with Gasteiger partial charge in [0.15, 0.2) is 9.84 Å². The average molecular weight is 388 g/mol. The molecule has 0 saturated carbocycles. The van der Waals surface area contributed by atoms with E-state index in [1.807, 2.05) is 6.92 Å². The fraction of sp³-hybridized carbons (Fsp3) is 0.150. The topological polar surface area (TPSA) is 84.6 Å². The van der Waals surface area contributed by atoms with Crippen LogP contribution in [0.15, 0.2) is 57.8 Å². The number of hydrogen-bond donors (Lipinski definition) is 1. The van der Waals surface area contributed by atoms with Gasteiger partial charge in [0.2, 0.25) is 5.76 Å². The van der Waals surface area contributed by atoms with Gasteiger partial charge in [-0.3, -0.25) is 0 Å². The van der Waals surface area contributed by atoms with Crippen LogP contribution in [0.5, 0.6) is 0 Å². The molecule has 0 fully saturated rings. The molecule has 7 heteroatoms. The van der Waals surface area contributed by atoms with Gasteiger partial charge in [-0.05, 0) is 35.4 Å². The molecular formula is C20H17FO5S. The van der Waals surface area contributed by atoms with Gasteiger partial charge >= 0.3 is 5.97 Å². The molecule has 0 aliphatic heterocycles. The zero-order chi connectivity index (χ0) is 19.8. The highest BCUT2D eigenvalue weighted by atomic mass is 32.2. The summed E-state index contributed by atoms with van der Waals surface area (Å²) in [5.74, 6) is -1.42. The van der Waals surface area contributed by atoms with Crippen LogP contribution in [0, 0.1) is 5.82 Å². The van der Waals surface area contributed by atoms with Crippen LogP contribution < -0.4 is 0 Å². The Kier molecular flexibility index (Phi) is 4.89. The summed E-state index contributed by atoms with van der Waals surface area (Å²) in [5, 5.41) is 9.59. The maximum absolute atomic E-state index is 13.3. The Balaban J connectivity index is 2.28. The third-order valence-corrected chi connectivity index (χ3v) is 5.33. The van der Waals surface area contributed by atoms with Crippen LogP contribution in [-0.4, -0.2) is 25.7 Å². The van der Waals surface area contributed by atoms with E-state index in [9.17, 15) is 22.7 Å². The molecule has 1 heterocycles. The predicted molar refractivity (Wildman–Crippen MR) is 99.0 cm³/mol. The van der Waals surface area contributed by atoms with Crippen LogP contribution in [0.4, 0.5) is 4.39 Å². The van der Waals surface area contributed by atoms with Gasteiger partial charge < -0.3 is 9.52 Å². The molecule has 5 nitrogen and oxygen atoms in total. The van der Waals surface area contributed by atoms with Gasteiger partial charge in [0, 0.05) is 23.8 Å². The number of carboxylic acids is 1. The summed E-state index contributed by atoms with van der Waals surface area (Å²) in [5.41, 5.74) is 2.02. The van der Waals surface area contributed by atoms with Crippen molar-refractivity contribution in [2.45, 2.75) is 18.2 Å². The molecule has 27 heavy (non-hydrogen) atoms. The van der Waals surface area contributed by atoms with Crippen LogP contribution in [0.25, 0.3) is 22.3 Å². The average Bonchev–Trinajstić information content (AvgIpc) is 3.01. The van der Waals surface area contributed by atoms with Gasteiger partial charge in [-0.1, -0.05) is 31.2 Å². The summed E-state index contributed by atoms with van der Waals surface area (Å²) in [4.78, 5) is 11.9. The van der Waals surface area contributed by atoms with E-state index in [-0.39, 0.29) is 10.7 Å². The van der Waals surface area contributed by atoms with Gasteiger partial charge in [-0.15, -0.1) is 0 Å². The second kappa shape index (κ2) is 7.00. The number of sulfone groups is 1. The van der Waals surface area contributed by atoms with E-state index in [0.717, 1.165) is 6.26 Å². The Bertz CT molecular complexity index is 1090. The maximum atomic E-state index is 13.3. The Morgan fingerprint density at radius 3 is 2.00 bits per heavy atom. The van der Waals surface area contributed by atoms with Gasteiger partial charge in [0.1, 0.15) is 11.6 Å². The zero-order valence-electron chi connectivity index (χ0n) is 14.7. The molecule has 140 valence electrons. The quantitative estimate of drug-likeness (QED) is 0.699. The minimum atomic E-state index is -3.38. The summed E-state index contributed by atoms with van der Waals surface area (Å²) >= 11 is 0. The number of rotatable bonds is 5. The Morgan fingerprint density at radius 2 is 1.52 bits per heavy atom. The predicted octanol–water partition coefficient (Wildman–Crippen LogP) is 4.42. The Morgan fingerprint density at radius 1 is 1.00 bits per heavy atom. The van der Waals surface area contributed by atoms with Crippen molar-refractivity contribution < 1.29 is 27.1 Å². The fourth-order valence-corrected chi connectivity index (χ4v) is 3.57. The number of aromatic carboxylic acids is 1. The lowest BCUT2D eigenvalue weighted by atomic mass is 9.94. The number of carbonyl (C=O) groups is 1. The summed E-state index contributed by atoms with van der Waals surface area (Å²) in [6.45, 7) is 1.83. The number of aryl methyl sites for hydroxylation is 1. The van der Waals surface area contributed by atoms with E-state index in [2.05, 4.69) is 0 Å². The molecule has 2 aromatic carbocycles. The number of benzene rings is 2. The molecule has 0 amide bonds. The molecule has 0 unspecified atom stereocenters. The van der Waals surface area contributed by atoms with E-state index in [1.54, 1.807) is 24.3 Å². The number of hydrogen-bond acceptors (Lipinski definition) is 4. The molecular weight excluding hydrogens is 371 g/mol. The van der Waals surface area contributed by atoms with Crippen molar-refractivity contribution in [3.05, 3.63) is 65.9 Å². The van der Waals surface area contributed by atoms with Crippen LogP contribution in [-0.2, 0) is 16.3 Å². The molecule has 0 bridgehead atoms. The molecule has 0 atom stereocenters. The standard InChI is InChI=1S/C20H17FO5S/c1-3-16-17(12-4-8-14(21)9-5-12)18(19(26-16)20(22)23)13-6-10-15(11-7-13)27(2,24)25/h4-11H,3H2,1-2H3,(H,22,23). The van der Waals surface area contributed by atoms with Crippen molar-refractivity contribution in [1.29, 1.82) is 0 Å². The molecule has 3 rings (SSSR count). The summed E-state index contributed by atoms with van der Waals surface area (Å²) in [7, 11) is -3.38. The molecule has 1 N–H and O–H groups in total. The van der Waals surface area contributed by atoms with Crippen molar-refractivity contribution in [2.24, 2.45) is 0 Å². The molecule has 0 aliphatic carbocycles. The van der Waals surface area contributed by atoms with Gasteiger partial charge in [0.05, 0.1) is 4.90 Å². The summed E-state index contributed by atoms with van der Waals surface area (Å²) < 4.78 is 42.3. The van der Waals surface area contributed by atoms with Crippen molar-refractivity contribution in [2.75, 3.05) is 6.26 Å². The van der Waals surface area contributed by atoms with Crippen LogP contribution in [0.2, 0.25) is 0 Å². The van der Waals surface area contributed by atoms with Crippen molar-refractivity contribution >= 4 is 15.8 Å². The molecule has 0 saturated heterocycles. The molecule has 0 spiro atoms. The molecule has 0 radical (unpaired) electrons. The SMILES string of the molecule is CCc1oc(C(=O)O)c(-c2ccc(S(C)(=O)=O)cc2)c1-c1ccc(F)cc1. The molecule has 0 aliphatic rings. The summed E-state index contributed by atoms with van der Waals surface area (Å²) in [6.07, 6.45) is 1.54. The summed E-state index contributed by atoms with van der Waals surface area (Å²) in [6, 6.07) is 11.6. The van der Waals surface area contributed by atoms with Gasteiger partial charge in [0.25, 0.3) is 0 Å². The van der Waals surface area contributed by atoms with Crippen molar-refractivity contribution in [3.63, 3.8) is 0 Å². The largest absolute Gasteiger partial charge is 0.475 e. The monoisotopic (exact) mass is 388 g/mol. The molecule has 3 aromatic rings. The smallest absolute Gasteiger partial charge is 0.372 e. The lowest BCUT2D eigenvalue weighted by Crippen LogP contribution is -1.99. The highest BCUT2D eigenvalue weighted by molar-refractivity contribution is 7.90. The number of furan rings is 1. The first kappa shape index (κ1) is 18.8. The first-order valence-corrected chi connectivity index (χ1v) is 10.1. The highest BCUT2D eigenvalue weighted by Gasteiger charge is 2.26. The minimum Gasteiger partial charge on any atom is -0.475 e. The second-order valence-electron chi connectivity index (χ2n) is 6.07. The Labute approximate surface area is 156 Å². The van der Waals surface area contributed by atoms with E-state index in [4.69, 9.17) is 4.42 Å². The first-order valence-electron chi connectivity index (χ1n) is 8.17. The van der Waals surface area contributed by atoms with E-state index in [0.29, 0.717) is 34.4 Å². The second-order valence-corrected chi connectivity index (χ2v) is 8.08. The highest BCUT2D eigenvalue weighted by Crippen LogP contribution is 2.40. The Hall–Kier alpha value is -2.93. The lowest BCUT2D eigenvalue weighted by molar-refractivity contribution is 0.0661. The first-order chi connectivity index (χ1) is 12.7. The van der Waals surface area contributed by atoms with E-state index in [1.165, 1.54) is 24.3 Å². The van der Waals surface area contributed by atoms with Crippen molar-refractivity contribution in [1.82, 2.24) is 0 Å². The zero-order valence-corrected chi connectivity index (χ0v) is 15.5. The number of halogens is 1. The van der Waals surface area contributed by atoms with Crippen LogP contribution in [0.3, 0.4) is 0 Å².